The molecular formula is C14H25N3OS. The summed E-state index contributed by atoms with van der Waals surface area (Å²) >= 11 is 1.84. The zero-order chi connectivity index (χ0) is 13.7. The van der Waals surface area contributed by atoms with Crippen LogP contribution in [0, 0.1) is 12.8 Å². The van der Waals surface area contributed by atoms with E-state index in [1.807, 2.05) is 11.3 Å². The van der Waals surface area contributed by atoms with E-state index >= 15 is 0 Å². The van der Waals surface area contributed by atoms with E-state index in [1.165, 1.54) is 28.5 Å². The van der Waals surface area contributed by atoms with Crippen LogP contribution in [0.1, 0.15) is 30.3 Å². The highest BCUT2D eigenvalue weighted by Crippen LogP contribution is 2.29. The molecule has 5 heteroatoms. The van der Waals surface area contributed by atoms with E-state index in [1.54, 1.807) is 7.11 Å². The summed E-state index contributed by atoms with van der Waals surface area (Å²) in [5.74, 6) is 0.868. The van der Waals surface area contributed by atoms with Gasteiger partial charge in [0.15, 0.2) is 5.13 Å². The van der Waals surface area contributed by atoms with Crippen molar-refractivity contribution in [3.05, 3.63) is 10.6 Å². The first-order valence-electron chi connectivity index (χ1n) is 7.11. The summed E-state index contributed by atoms with van der Waals surface area (Å²) < 4.78 is 5.04. The Morgan fingerprint density at radius 3 is 2.84 bits per heavy atom. The van der Waals surface area contributed by atoms with Crippen LogP contribution in [0.15, 0.2) is 0 Å². The first kappa shape index (κ1) is 14.8. The van der Waals surface area contributed by atoms with Crippen molar-refractivity contribution in [1.29, 1.82) is 0 Å². The minimum Gasteiger partial charge on any atom is -0.383 e. The SMILES string of the molecule is COCCNCc1sc(N2CCC(C)CC2)nc1C. The molecule has 2 rings (SSSR count). The van der Waals surface area contributed by atoms with Crippen molar-refractivity contribution in [1.82, 2.24) is 10.3 Å². The second kappa shape index (κ2) is 7.22. The number of aromatic nitrogens is 1. The molecule has 1 aromatic heterocycles. The van der Waals surface area contributed by atoms with Gasteiger partial charge in [0, 0.05) is 38.2 Å². The molecule has 2 heterocycles. The third kappa shape index (κ3) is 4.16. The van der Waals surface area contributed by atoms with E-state index in [0.29, 0.717) is 0 Å². The Labute approximate surface area is 120 Å². The predicted molar refractivity (Wildman–Crippen MR) is 81.0 cm³/mol. The molecule has 0 bridgehead atoms. The van der Waals surface area contributed by atoms with Crippen LogP contribution in [0.4, 0.5) is 5.13 Å². The first-order chi connectivity index (χ1) is 9.20. The van der Waals surface area contributed by atoms with Crippen molar-refractivity contribution in [3.8, 4) is 0 Å². The molecule has 0 saturated carbocycles. The fourth-order valence-corrected chi connectivity index (χ4v) is 3.37. The number of methoxy groups -OCH3 is 1. The Bertz CT molecular complexity index is 386. The lowest BCUT2D eigenvalue weighted by Gasteiger charge is -2.29. The summed E-state index contributed by atoms with van der Waals surface area (Å²) in [6, 6.07) is 0. The van der Waals surface area contributed by atoms with Crippen molar-refractivity contribution in [2.75, 3.05) is 38.3 Å². The predicted octanol–water partition coefficient (Wildman–Crippen LogP) is 2.42. The summed E-state index contributed by atoms with van der Waals surface area (Å²) in [7, 11) is 1.73. The third-order valence-electron chi connectivity index (χ3n) is 3.70. The third-order valence-corrected chi connectivity index (χ3v) is 4.92. The maximum Gasteiger partial charge on any atom is 0.185 e. The molecule has 0 unspecified atom stereocenters. The van der Waals surface area contributed by atoms with Gasteiger partial charge in [-0.3, -0.25) is 0 Å². The molecule has 1 N–H and O–H groups in total. The van der Waals surface area contributed by atoms with Gasteiger partial charge in [-0.2, -0.15) is 0 Å². The van der Waals surface area contributed by atoms with Crippen LogP contribution in [0.5, 0.6) is 0 Å². The van der Waals surface area contributed by atoms with Gasteiger partial charge in [0.2, 0.25) is 0 Å². The smallest absolute Gasteiger partial charge is 0.185 e. The van der Waals surface area contributed by atoms with E-state index in [0.717, 1.165) is 38.7 Å². The molecule has 1 aliphatic heterocycles. The van der Waals surface area contributed by atoms with Gasteiger partial charge in [-0.05, 0) is 25.7 Å². The standard InChI is InChI=1S/C14H25N3OS/c1-11-4-7-17(8-5-11)14-16-12(2)13(19-14)10-15-6-9-18-3/h11,15H,4-10H2,1-3H3. The second-order valence-electron chi connectivity index (χ2n) is 5.34. The quantitative estimate of drug-likeness (QED) is 0.814. The number of rotatable bonds is 6. The number of ether oxygens (including phenoxy) is 1. The van der Waals surface area contributed by atoms with Crippen molar-refractivity contribution in [3.63, 3.8) is 0 Å². The maximum atomic E-state index is 5.04. The van der Waals surface area contributed by atoms with E-state index in [9.17, 15) is 0 Å². The molecule has 1 aliphatic rings. The molecule has 1 aromatic rings. The molecule has 108 valence electrons. The Hall–Kier alpha value is -0.650. The molecule has 19 heavy (non-hydrogen) atoms. The van der Waals surface area contributed by atoms with Gasteiger partial charge in [-0.25, -0.2) is 4.98 Å². The lowest BCUT2D eigenvalue weighted by Crippen LogP contribution is -2.32. The Morgan fingerprint density at radius 1 is 1.42 bits per heavy atom. The van der Waals surface area contributed by atoms with Gasteiger partial charge in [0.1, 0.15) is 0 Å². The van der Waals surface area contributed by atoms with Crippen LogP contribution < -0.4 is 10.2 Å². The minimum atomic E-state index is 0.759. The van der Waals surface area contributed by atoms with Crippen LogP contribution in [0.25, 0.3) is 0 Å². The lowest BCUT2D eigenvalue weighted by molar-refractivity contribution is 0.199. The van der Waals surface area contributed by atoms with Crippen LogP contribution >= 0.6 is 11.3 Å². The zero-order valence-electron chi connectivity index (χ0n) is 12.2. The average Bonchev–Trinajstić information content (AvgIpc) is 2.77. The van der Waals surface area contributed by atoms with Crippen molar-refractivity contribution in [2.24, 2.45) is 5.92 Å². The molecule has 1 fully saturated rings. The van der Waals surface area contributed by atoms with E-state index in [-0.39, 0.29) is 0 Å². The van der Waals surface area contributed by atoms with E-state index in [2.05, 4.69) is 24.1 Å². The molecule has 0 aromatic carbocycles. The summed E-state index contributed by atoms with van der Waals surface area (Å²) in [6.45, 7) is 9.32. The Kier molecular flexibility index (Phi) is 5.60. The van der Waals surface area contributed by atoms with E-state index < -0.39 is 0 Å². The molecule has 4 nitrogen and oxygen atoms in total. The first-order valence-corrected chi connectivity index (χ1v) is 7.93. The monoisotopic (exact) mass is 283 g/mol. The number of nitrogens with zero attached hydrogens (tertiary/aromatic N) is 2. The highest BCUT2D eigenvalue weighted by atomic mass is 32.1. The Balaban J connectivity index is 1.89. The van der Waals surface area contributed by atoms with Crippen molar-refractivity contribution in [2.45, 2.75) is 33.2 Å². The number of thiazole rings is 1. The van der Waals surface area contributed by atoms with Gasteiger partial charge in [0.25, 0.3) is 0 Å². The summed E-state index contributed by atoms with van der Waals surface area (Å²) in [5, 5.41) is 4.60. The topological polar surface area (TPSA) is 37.4 Å². The number of hydrogen-bond donors (Lipinski definition) is 1. The molecule has 0 aliphatic carbocycles. The number of anilines is 1. The highest BCUT2D eigenvalue weighted by Gasteiger charge is 2.19. The van der Waals surface area contributed by atoms with Crippen molar-refractivity contribution < 1.29 is 4.74 Å². The highest BCUT2D eigenvalue weighted by molar-refractivity contribution is 7.15. The number of aryl methyl sites for hydroxylation is 1. The largest absolute Gasteiger partial charge is 0.383 e. The van der Waals surface area contributed by atoms with Crippen LogP contribution in [0.3, 0.4) is 0 Å². The van der Waals surface area contributed by atoms with Crippen molar-refractivity contribution >= 4 is 16.5 Å². The lowest BCUT2D eigenvalue weighted by atomic mass is 10.00. The van der Waals surface area contributed by atoms with Crippen LogP contribution in [-0.4, -0.2) is 38.3 Å². The van der Waals surface area contributed by atoms with Gasteiger partial charge >= 0.3 is 0 Å². The zero-order valence-corrected chi connectivity index (χ0v) is 13.1. The van der Waals surface area contributed by atoms with Crippen LogP contribution in [-0.2, 0) is 11.3 Å². The van der Waals surface area contributed by atoms with Gasteiger partial charge in [-0.15, -0.1) is 11.3 Å². The second-order valence-corrected chi connectivity index (χ2v) is 6.41. The molecule has 1 saturated heterocycles. The number of piperidine rings is 1. The molecule has 0 atom stereocenters. The van der Waals surface area contributed by atoms with E-state index in [4.69, 9.17) is 9.72 Å². The fraction of sp³-hybridized carbons (Fsp3) is 0.786. The molecular weight excluding hydrogens is 258 g/mol. The normalized spacial score (nSPS) is 17.1. The Morgan fingerprint density at radius 2 is 2.16 bits per heavy atom. The molecule has 0 radical (unpaired) electrons. The molecule has 0 amide bonds. The van der Waals surface area contributed by atoms with Gasteiger partial charge in [0.05, 0.1) is 12.3 Å². The summed E-state index contributed by atoms with van der Waals surface area (Å²) in [6.07, 6.45) is 2.58. The number of nitrogens with one attached hydrogen (secondary N) is 1. The van der Waals surface area contributed by atoms with Gasteiger partial charge < -0.3 is 15.0 Å². The number of hydrogen-bond acceptors (Lipinski definition) is 5. The molecule has 0 spiro atoms. The fourth-order valence-electron chi connectivity index (χ4n) is 2.29. The minimum absolute atomic E-state index is 0.759. The summed E-state index contributed by atoms with van der Waals surface area (Å²) in [4.78, 5) is 8.52. The van der Waals surface area contributed by atoms with Crippen LogP contribution in [0.2, 0.25) is 0 Å². The maximum absolute atomic E-state index is 5.04. The average molecular weight is 283 g/mol. The summed E-state index contributed by atoms with van der Waals surface area (Å²) in [5.41, 5.74) is 1.17. The van der Waals surface area contributed by atoms with Gasteiger partial charge in [-0.1, -0.05) is 6.92 Å².